The van der Waals surface area contributed by atoms with E-state index < -0.39 is 0 Å². The molecule has 2 heterocycles. The molecule has 3 heteroatoms. The Hall–Kier alpha value is -0.670. The minimum absolute atomic E-state index is 0.453. The van der Waals surface area contributed by atoms with Crippen LogP contribution < -0.4 is 5.32 Å². The van der Waals surface area contributed by atoms with Crippen LogP contribution in [0.1, 0.15) is 31.4 Å². The molecule has 0 atom stereocenters. The van der Waals surface area contributed by atoms with Crippen LogP contribution in [0.2, 0.25) is 0 Å². The van der Waals surface area contributed by atoms with Crippen LogP contribution in [0.3, 0.4) is 0 Å². The summed E-state index contributed by atoms with van der Waals surface area (Å²) in [5.41, 5.74) is 4.30. The summed E-state index contributed by atoms with van der Waals surface area (Å²) in [5.74, 6) is 1.26. The fourth-order valence-electron chi connectivity index (χ4n) is 2.92. The Morgan fingerprint density at radius 3 is 3.11 bits per heavy atom. The van der Waals surface area contributed by atoms with Crippen molar-refractivity contribution in [2.75, 3.05) is 30.7 Å². The molecule has 0 saturated carbocycles. The van der Waals surface area contributed by atoms with E-state index in [0.717, 1.165) is 13.1 Å². The predicted molar refractivity (Wildman–Crippen MR) is 85.1 cm³/mol. The lowest BCUT2D eigenvalue weighted by atomic mass is 10.1. The third-order valence-electron chi connectivity index (χ3n) is 4.22. The Balaban J connectivity index is 1.65. The van der Waals surface area contributed by atoms with Crippen LogP contribution in [0.5, 0.6) is 0 Å². The summed E-state index contributed by atoms with van der Waals surface area (Å²) in [6.07, 6.45) is 2.48. The van der Waals surface area contributed by atoms with Crippen molar-refractivity contribution < 1.29 is 0 Å². The second kappa shape index (κ2) is 5.37. The van der Waals surface area contributed by atoms with Crippen molar-refractivity contribution in [2.24, 2.45) is 0 Å². The van der Waals surface area contributed by atoms with E-state index in [4.69, 9.17) is 0 Å². The highest BCUT2D eigenvalue weighted by Gasteiger charge is 2.23. The number of hydrogen-bond donors (Lipinski definition) is 1. The molecule has 0 spiro atoms. The zero-order chi connectivity index (χ0) is 13.3. The molecule has 19 heavy (non-hydrogen) atoms. The van der Waals surface area contributed by atoms with E-state index in [-0.39, 0.29) is 0 Å². The van der Waals surface area contributed by atoms with Gasteiger partial charge in [0.25, 0.3) is 0 Å². The van der Waals surface area contributed by atoms with Crippen molar-refractivity contribution in [1.82, 2.24) is 4.90 Å². The number of anilines is 1. The number of benzene rings is 1. The third-order valence-corrected chi connectivity index (χ3v) is 5.59. The molecule has 3 rings (SSSR count). The highest BCUT2D eigenvalue weighted by Crippen LogP contribution is 2.31. The summed E-state index contributed by atoms with van der Waals surface area (Å²) in [5, 5.41) is 3.48. The first kappa shape index (κ1) is 13.3. The molecule has 2 nitrogen and oxygen atoms in total. The molecule has 0 radical (unpaired) electrons. The van der Waals surface area contributed by atoms with Gasteiger partial charge in [0.2, 0.25) is 0 Å². The molecule has 104 valence electrons. The van der Waals surface area contributed by atoms with Gasteiger partial charge >= 0.3 is 0 Å². The van der Waals surface area contributed by atoms with Gasteiger partial charge in [-0.25, -0.2) is 0 Å². The maximum absolute atomic E-state index is 3.48. The van der Waals surface area contributed by atoms with Crippen LogP contribution in [0.15, 0.2) is 18.2 Å². The van der Waals surface area contributed by atoms with Crippen LogP contribution in [0.25, 0.3) is 0 Å². The first-order valence-corrected chi connectivity index (χ1v) is 8.33. The van der Waals surface area contributed by atoms with E-state index in [1.165, 1.54) is 48.5 Å². The van der Waals surface area contributed by atoms with Crippen LogP contribution >= 0.6 is 11.8 Å². The van der Waals surface area contributed by atoms with E-state index in [1.54, 1.807) is 0 Å². The van der Waals surface area contributed by atoms with Gasteiger partial charge in [-0.05, 0) is 36.6 Å². The number of rotatable bonds is 2. The van der Waals surface area contributed by atoms with Crippen LogP contribution in [0.4, 0.5) is 5.69 Å². The fourth-order valence-corrected chi connectivity index (χ4v) is 4.05. The van der Waals surface area contributed by atoms with Crippen LogP contribution in [-0.4, -0.2) is 35.0 Å². The number of fused-ring (bicyclic) bond motifs is 1. The molecule has 0 unspecified atom stereocenters. The minimum Gasteiger partial charge on any atom is -0.384 e. The van der Waals surface area contributed by atoms with Gasteiger partial charge in [0, 0.05) is 35.8 Å². The quantitative estimate of drug-likeness (QED) is 0.891. The van der Waals surface area contributed by atoms with Gasteiger partial charge in [-0.15, -0.1) is 0 Å². The van der Waals surface area contributed by atoms with E-state index in [2.05, 4.69) is 54.0 Å². The Morgan fingerprint density at radius 1 is 1.32 bits per heavy atom. The maximum atomic E-state index is 3.48. The average Bonchev–Trinajstić information content (AvgIpc) is 2.76. The lowest BCUT2D eigenvalue weighted by Crippen LogP contribution is -2.26. The monoisotopic (exact) mass is 276 g/mol. The Morgan fingerprint density at radius 2 is 2.21 bits per heavy atom. The smallest absolute Gasteiger partial charge is 0.0376 e. The second-order valence-electron chi connectivity index (χ2n) is 6.30. The predicted octanol–water partition coefficient (Wildman–Crippen LogP) is 3.37. The lowest BCUT2D eigenvalue weighted by molar-refractivity contribution is 0.276. The molecule has 0 aliphatic carbocycles. The first-order chi connectivity index (χ1) is 9.12. The maximum Gasteiger partial charge on any atom is 0.0376 e. The SMILES string of the molecule is CC1(C)CCN(Cc2ccc3c(c2)NCC3)CCS1. The molecule has 1 aromatic rings. The third kappa shape index (κ3) is 3.26. The molecular weight excluding hydrogens is 252 g/mol. The standard InChI is InChI=1S/C16H24N2S/c1-16(2)6-8-18(9-10-19-16)12-13-3-4-14-5-7-17-15(14)11-13/h3-4,11,17H,5-10,12H2,1-2H3. The zero-order valence-electron chi connectivity index (χ0n) is 12.0. The van der Waals surface area contributed by atoms with Gasteiger partial charge in [-0.2, -0.15) is 11.8 Å². The molecule has 1 fully saturated rings. The van der Waals surface area contributed by atoms with Gasteiger partial charge in [0.15, 0.2) is 0 Å². The fraction of sp³-hybridized carbons (Fsp3) is 0.625. The molecule has 2 aliphatic heterocycles. The lowest BCUT2D eigenvalue weighted by Gasteiger charge is -2.22. The number of nitrogens with one attached hydrogen (secondary N) is 1. The summed E-state index contributed by atoms with van der Waals surface area (Å²) < 4.78 is 0.453. The Labute approximate surface area is 121 Å². The normalized spacial score (nSPS) is 22.6. The molecule has 0 amide bonds. The molecular formula is C16H24N2S. The number of thioether (sulfide) groups is 1. The van der Waals surface area contributed by atoms with Gasteiger partial charge in [0.05, 0.1) is 0 Å². The second-order valence-corrected chi connectivity index (χ2v) is 8.10. The molecule has 0 aromatic heterocycles. The summed E-state index contributed by atoms with van der Waals surface area (Å²) >= 11 is 2.12. The van der Waals surface area contributed by atoms with Crippen molar-refractivity contribution in [2.45, 2.75) is 38.0 Å². The topological polar surface area (TPSA) is 15.3 Å². The Kier molecular flexibility index (Phi) is 3.77. The molecule has 1 N–H and O–H groups in total. The molecule has 1 saturated heterocycles. The van der Waals surface area contributed by atoms with Crippen molar-refractivity contribution in [3.05, 3.63) is 29.3 Å². The van der Waals surface area contributed by atoms with Gasteiger partial charge in [-0.3, -0.25) is 4.90 Å². The van der Waals surface area contributed by atoms with Gasteiger partial charge in [-0.1, -0.05) is 26.0 Å². The van der Waals surface area contributed by atoms with E-state index in [1.807, 2.05) is 0 Å². The average molecular weight is 276 g/mol. The highest BCUT2D eigenvalue weighted by molar-refractivity contribution is 8.00. The zero-order valence-corrected chi connectivity index (χ0v) is 12.9. The highest BCUT2D eigenvalue weighted by atomic mass is 32.2. The largest absolute Gasteiger partial charge is 0.384 e. The van der Waals surface area contributed by atoms with E-state index in [9.17, 15) is 0 Å². The van der Waals surface area contributed by atoms with E-state index >= 15 is 0 Å². The van der Waals surface area contributed by atoms with Crippen molar-refractivity contribution >= 4 is 17.4 Å². The summed E-state index contributed by atoms with van der Waals surface area (Å²) in [7, 11) is 0. The van der Waals surface area contributed by atoms with Crippen LogP contribution in [-0.2, 0) is 13.0 Å². The molecule has 2 aliphatic rings. The summed E-state index contributed by atoms with van der Waals surface area (Å²) in [6, 6.07) is 6.97. The number of hydrogen-bond acceptors (Lipinski definition) is 3. The van der Waals surface area contributed by atoms with Crippen molar-refractivity contribution in [3.8, 4) is 0 Å². The van der Waals surface area contributed by atoms with E-state index in [0.29, 0.717) is 4.75 Å². The van der Waals surface area contributed by atoms with Crippen LogP contribution in [0, 0.1) is 0 Å². The summed E-state index contributed by atoms with van der Waals surface area (Å²) in [4.78, 5) is 2.61. The molecule has 1 aromatic carbocycles. The summed E-state index contributed by atoms with van der Waals surface area (Å²) in [6.45, 7) is 9.41. The first-order valence-electron chi connectivity index (χ1n) is 7.34. The Bertz CT molecular complexity index is 456. The molecule has 0 bridgehead atoms. The van der Waals surface area contributed by atoms with Gasteiger partial charge < -0.3 is 5.32 Å². The number of nitrogens with zero attached hydrogens (tertiary/aromatic N) is 1. The van der Waals surface area contributed by atoms with Crippen molar-refractivity contribution in [1.29, 1.82) is 0 Å². The minimum atomic E-state index is 0.453. The van der Waals surface area contributed by atoms with Gasteiger partial charge in [0.1, 0.15) is 0 Å². The van der Waals surface area contributed by atoms with Crippen molar-refractivity contribution in [3.63, 3.8) is 0 Å².